The Morgan fingerprint density at radius 1 is 0.400 bits per heavy atom. The summed E-state index contributed by atoms with van der Waals surface area (Å²) in [6.45, 7) is 7.72. The summed E-state index contributed by atoms with van der Waals surface area (Å²) in [7, 11) is -4.61. The Bertz CT molecular complexity index is 87.0. The van der Waals surface area contributed by atoms with Crippen LogP contribution >= 0.6 is 0 Å². The van der Waals surface area contributed by atoms with E-state index in [0.29, 0.717) is 0 Å². The van der Waals surface area contributed by atoms with Gasteiger partial charge in [0.2, 0.25) is 0 Å². The molecule has 0 heterocycles. The van der Waals surface area contributed by atoms with Crippen LogP contribution in [0.15, 0.2) is 0 Å². The van der Waals surface area contributed by atoms with Gasteiger partial charge in [0, 0.05) is 26.4 Å². The van der Waals surface area contributed by atoms with Gasteiger partial charge in [-0.2, -0.15) is 0 Å². The predicted octanol–water partition coefficient (Wildman–Crippen LogP) is -1.32. The fraction of sp³-hybridized carbons (Fsp3) is 1.00. The zero-order chi connectivity index (χ0) is 15.3. The van der Waals surface area contributed by atoms with Crippen LogP contribution in [0.1, 0.15) is 27.7 Å². The SMILES string of the molecule is CCO.CCO.CCO.CCO.N.N.N.N.N.N.N.N.O[Si](O)(O)O. The topological polar surface area (TPSA) is 442 Å². The van der Waals surface area contributed by atoms with Crippen LogP contribution in [-0.4, -0.2) is 75.1 Å². The average Bonchev–Trinajstić information content (AvgIpc) is 2.04. The van der Waals surface area contributed by atoms with Crippen LogP contribution in [0.25, 0.3) is 0 Å². The van der Waals surface area contributed by atoms with E-state index in [-0.39, 0.29) is 75.6 Å². The van der Waals surface area contributed by atoms with E-state index in [1.165, 1.54) is 0 Å². The Kier molecular flexibility index (Phi) is 534. The molecule has 0 aromatic heterocycles. The van der Waals surface area contributed by atoms with Gasteiger partial charge in [-0.15, -0.1) is 0 Å². The summed E-state index contributed by atoms with van der Waals surface area (Å²) in [5.74, 6) is 0. The molecule has 0 saturated carbocycles. The fourth-order valence-electron chi connectivity index (χ4n) is 0. The molecule has 0 saturated heterocycles. The Labute approximate surface area is 153 Å². The molecule has 0 bridgehead atoms. The van der Waals surface area contributed by atoms with Gasteiger partial charge in [-0.05, 0) is 27.7 Å². The monoisotopic (exact) mass is 416 g/mol. The Morgan fingerprint density at radius 2 is 0.400 bits per heavy atom. The normalized spacial score (nSPS) is 5.28. The molecule has 32 N–H and O–H groups in total. The van der Waals surface area contributed by atoms with Crippen LogP contribution in [0.4, 0.5) is 0 Å². The molecule has 25 heavy (non-hydrogen) atoms. The summed E-state index contributed by atoms with van der Waals surface area (Å²) in [4.78, 5) is 29.3. The molecule has 0 aliphatic carbocycles. The van der Waals surface area contributed by atoms with E-state index in [1.807, 2.05) is 0 Å². The molecule has 176 valence electrons. The maximum atomic E-state index is 7.57. The zero-order valence-electron chi connectivity index (χ0n) is 16.6. The molecule has 0 radical (unpaired) electrons. The largest absolute Gasteiger partial charge is 0.668 e. The molecule has 0 aromatic carbocycles. The quantitative estimate of drug-likeness (QED) is 0.203. The lowest BCUT2D eigenvalue weighted by molar-refractivity contribution is 0.117. The van der Waals surface area contributed by atoms with Crippen molar-refractivity contribution in [2.75, 3.05) is 26.4 Å². The van der Waals surface area contributed by atoms with Crippen molar-refractivity contribution in [1.82, 2.24) is 49.2 Å². The number of aliphatic hydroxyl groups is 4. The number of hydrogen-bond donors (Lipinski definition) is 16. The molecule has 0 aromatic rings. The van der Waals surface area contributed by atoms with Crippen LogP contribution < -0.4 is 49.2 Å². The van der Waals surface area contributed by atoms with Crippen molar-refractivity contribution in [3.8, 4) is 0 Å². The third kappa shape index (κ3) is 61300. The minimum absolute atomic E-state index is 0. The van der Waals surface area contributed by atoms with Crippen molar-refractivity contribution in [3.63, 3.8) is 0 Å². The molecule has 0 rings (SSSR count). The van der Waals surface area contributed by atoms with Gasteiger partial charge in [0.15, 0.2) is 0 Å². The third-order valence-electron chi connectivity index (χ3n) is 0. The number of hydrogen-bond acceptors (Lipinski definition) is 16. The minimum Gasteiger partial charge on any atom is -0.397 e. The van der Waals surface area contributed by atoms with Gasteiger partial charge in [0.25, 0.3) is 0 Å². The first-order valence-electron chi connectivity index (χ1n) is 4.99. The molecule has 0 fully saturated rings. The third-order valence-corrected chi connectivity index (χ3v) is 0. The molecule has 0 unspecified atom stereocenters. The molecule has 0 aliphatic rings. The van der Waals surface area contributed by atoms with E-state index >= 15 is 0 Å². The molecule has 16 nitrogen and oxygen atoms in total. The van der Waals surface area contributed by atoms with E-state index in [1.54, 1.807) is 27.7 Å². The van der Waals surface area contributed by atoms with Crippen LogP contribution in [0.5, 0.6) is 0 Å². The molecule has 0 aliphatic heterocycles. The minimum atomic E-state index is -4.61. The van der Waals surface area contributed by atoms with Crippen molar-refractivity contribution in [3.05, 3.63) is 0 Å². The van der Waals surface area contributed by atoms with Crippen LogP contribution in [-0.2, 0) is 0 Å². The van der Waals surface area contributed by atoms with Gasteiger partial charge in [-0.25, -0.2) is 0 Å². The summed E-state index contributed by atoms with van der Waals surface area (Å²) in [5, 5.41) is 30.3. The first-order valence-corrected chi connectivity index (χ1v) is 6.78. The summed E-state index contributed by atoms with van der Waals surface area (Å²) in [6, 6.07) is 0. The molecular formula is C8H52N8O8Si. The van der Waals surface area contributed by atoms with Crippen molar-refractivity contribution in [2.24, 2.45) is 0 Å². The smallest absolute Gasteiger partial charge is 0.397 e. The Balaban J connectivity index is -0.00000000615. The fourth-order valence-corrected chi connectivity index (χ4v) is 0. The second kappa shape index (κ2) is 131. The first-order chi connectivity index (χ1) is 7.66. The highest BCUT2D eigenvalue weighted by atomic mass is 28.4. The first kappa shape index (κ1) is 102. The lowest BCUT2D eigenvalue weighted by Gasteiger charge is -1.91. The van der Waals surface area contributed by atoms with E-state index in [0.717, 1.165) is 0 Å². The van der Waals surface area contributed by atoms with Gasteiger partial charge in [0.1, 0.15) is 0 Å². The summed E-state index contributed by atoms with van der Waals surface area (Å²) in [5.41, 5.74) is 0. The van der Waals surface area contributed by atoms with Gasteiger partial charge < -0.3 is 88.8 Å². The van der Waals surface area contributed by atoms with Crippen LogP contribution in [0, 0.1) is 0 Å². The zero-order valence-corrected chi connectivity index (χ0v) is 17.6. The maximum absolute atomic E-state index is 7.57. The highest BCUT2D eigenvalue weighted by Crippen LogP contribution is 1.67. The summed E-state index contributed by atoms with van der Waals surface area (Å²) >= 11 is 0. The standard InChI is InChI=1S/4C2H6O.8H3N.H4O4Si/c4*1-2-3;;;;;;;;;1-5(2,3)4/h4*3H,2H2,1H3;8*1H3;1-4H. The van der Waals surface area contributed by atoms with Crippen molar-refractivity contribution in [2.45, 2.75) is 27.7 Å². The van der Waals surface area contributed by atoms with Gasteiger partial charge in [0.05, 0.1) is 0 Å². The Hall–Kier alpha value is -0.423. The van der Waals surface area contributed by atoms with Crippen molar-refractivity contribution >= 4 is 9.05 Å². The molecule has 0 amide bonds. The summed E-state index contributed by atoms with van der Waals surface area (Å²) in [6.07, 6.45) is 0. The average molecular weight is 417 g/mol. The van der Waals surface area contributed by atoms with Crippen LogP contribution in [0.2, 0.25) is 0 Å². The van der Waals surface area contributed by atoms with E-state index in [9.17, 15) is 0 Å². The predicted molar refractivity (Wildman–Crippen MR) is 106 cm³/mol. The Morgan fingerprint density at radius 3 is 0.400 bits per heavy atom. The van der Waals surface area contributed by atoms with Crippen molar-refractivity contribution < 1.29 is 39.6 Å². The lowest BCUT2D eigenvalue weighted by atomic mass is 10.9. The van der Waals surface area contributed by atoms with E-state index in [2.05, 4.69) is 0 Å². The second-order valence-corrected chi connectivity index (χ2v) is 3.06. The number of rotatable bonds is 0. The van der Waals surface area contributed by atoms with E-state index in [4.69, 9.17) is 39.6 Å². The van der Waals surface area contributed by atoms with Gasteiger partial charge in [-0.1, -0.05) is 0 Å². The highest BCUT2D eigenvalue weighted by molar-refractivity contribution is 6.46. The van der Waals surface area contributed by atoms with Gasteiger partial charge >= 0.3 is 9.05 Å². The summed E-state index contributed by atoms with van der Waals surface area (Å²) < 4.78 is 0. The van der Waals surface area contributed by atoms with Crippen LogP contribution in [0.3, 0.4) is 0 Å². The lowest BCUT2D eigenvalue weighted by Crippen LogP contribution is -2.33. The molecule has 0 spiro atoms. The van der Waals surface area contributed by atoms with E-state index < -0.39 is 9.05 Å². The highest BCUT2D eigenvalue weighted by Gasteiger charge is 2.22. The maximum Gasteiger partial charge on any atom is 0.668 e. The molecular weight excluding hydrogens is 364 g/mol. The number of aliphatic hydroxyl groups excluding tert-OH is 4. The van der Waals surface area contributed by atoms with Crippen molar-refractivity contribution in [1.29, 1.82) is 0 Å². The van der Waals surface area contributed by atoms with Gasteiger partial charge in [-0.3, -0.25) is 0 Å². The molecule has 0 atom stereocenters. The molecule has 17 heteroatoms. The second-order valence-electron chi connectivity index (χ2n) is 1.86.